The van der Waals surface area contributed by atoms with E-state index in [0.717, 1.165) is 16.6 Å². The molecule has 0 aliphatic rings. The Balaban J connectivity index is 2.27. The molecular weight excluding hydrogens is 192 g/mol. The van der Waals surface area contributed by atoms with E-state index in [2.05, 4.69) is 10.3 Å². The number of hydrogen-bond donors (Lipinski definition) is 2. The second kappa shape index (κ2) is 4.14. The number of methoxy groups -OCH3 is 1. The van der Waals surface area contributed by atoms with Gasteiger partial charge < -0.3 is 15.0 Å². The topological polar surface area (TPSA) is 54.1 Å². The molecule has 78 valence electrons. The van der Waals surface area contributed by atoms with Crippen LogP contribution in [0.3, 0.4) is 0 Å². The lowest BCUT2D eigenvalue weighted by atomic mass is 10.2. The van der Waals surface area contributed by atoms with Crippen LogP contribution in [0.2, 0.25) is 0 Å². The predicted octanol–water partition coefficient (Wildman–Crippen LogP) is 1.75. The third kappa shape index (κ3) is 1.99. The zero-order valence-corrected chi connectivity index (χ0v) is 8.41. The van der Waals surface area contributed by atoms with Gasteiger partial charge in [-0.3, -0.25) is 4.79 Å². The first-order valence-electron chi connectivity index (χ1n) is 4.66. The van der Waals surface area contributed by atoms with E-state index in [4.69, 9.17) is 4.74 Å². The Morgan fingerprint density at radius 2 is 2.33 bits per heavy atom. The molecule has 0 atom stereocenters. The standard InChI is InChI=1S/C11H12N2O2/c1-15-7-11(14)13-10-4-2-3-9-8(10)5-6-12-9/h2-6,12H,7H2,1H3,(H,13,14). The van der Waals surface area contributed by atoms with Crippen molar-refractivity contribution in [3.8, 4) is 0 Å². The fourth-order valence-electron chi connectivity index (χ4n) is 1.51. The lowest BCUT2D eigenvalue weighted by Crippen LogP contribution is -2.17. The van der Waals surface area contributed by atoms with Gasteiger partial charge in [0, 0.05) is 24.2 Å². The maximum Gasteiger partial charge on any atom is 0.250 e. The monoisotopic (exact) mass is 204 g/mol. The molecule has 0 spiro atoms. The minimum absolute atomic E-state index is 0.0702. The zero-order chi connectivity index (χ0) is 10.7. The first kappa shape index (κ1) is 9.73. The second-order valence-electron chi connectivity index (χ2n) is 3.23. The van der Waals surface area contributed by atoms with E-state index in [-0.39, 0.29) is 12.5 Å². The number of nitrogens with one attached hydrogen (secondary N) is 2. The number of hydrogen-bond acceptors (Lipinski definition) is 2. The van der Waals surface area contributed by atoms with Crippen molar-refractivity contribution in [1.82, 2.24) is 4.98 Å². The minimum Gasteiger partial charge on any atom is -0.375 e. The molecule has 1 aromatic heterocycles. The molecule has 0 saturated carbocycles. The van der Waals surface area contributed by atoms with Crippen molar-refractivity contribution >= 4 is 22.5 Å². The molecule has 0 bridgehead atoms. The molecule has 0 saturated heterocycles. The highest BCUT2D eigenvalue weighted by molar-refractivity contribution is 6.01. The Morgan fingerprint density at radius 3 is 3.13 bits per heavy atom. The Labute approximate surface area is 87.2 Å². The van der Waals surface area contributed by atoms with Gasteiger partial charge >= 0.3 is 0 Å². The summed E-state index contributed by atoms with van der Waals surface area (Å²) in [5.74, 6) is -0.147. The lowest BCUT2D eigenvalue weighted by Gasteiger charge is -2.05. The largest absolute Gasteiger partial charge is 0.375 e. The van der Waals surface area contributed by atoms with Crippen LogP contribution in [-0.4, -0.2) is 24.6 Å². The predicted molar refractivity (Wildman–Crippen MR) is 58.8 cm³/mol. The van der Waals surface area contributed by atoms with Crippen molar-refractivity contribution in [3.05, 3.63) is 30.5 Å². The van der Waals surface area contributed by atoms with Crippen molar-refractivity contribution < 1.29 is 9.53 Å². The van der Waals surface area contributed by atoms with Crippen LogP contribution in [0, 0.1) is 0 Å². The number of carbonyl (C=O) groups is 1. The molecule has 1 aromatic carbocycles. The van der Waals surface area contributed by atoms with E-state index in [1.807, 2.05) is 30.5 Å². The normalized spacial score (nSPS) is 10.5. The van der Waals surface area contributed by atoms with Crippen molar-refractivity contribution in [2.75, 3.05) is 19.0 Å². The third-order valence-corrected chi connectivity index (χ3v) is 2.14. The average molecular weight is 204 g/mol. The first-order valence-corrected chi connectivity index (χ1v) is 4.66. The van der Waals surface area contributed by atoms with E-state index >= 15 is 0 Å². The summed E-state index contributed by atoms with van der Waals surface area (Å²) in [7, 11) is 1.50. The Hall–Kier alpha value is -1.81. The fourth-order valence-corrected chi connectivity index (χ4v) is 1.51. The Bertz CT molecular complexity index is 476. The van der Waals surface area contributed by atoms with Gasteiger partial charge in [0.15, 0.2) is 0 Å². The van der Waals surface area contributed by atoms with Crippen LogP contribution >= 0.6 is 0 Å². The van der Waals surface area contributed by atoms with Crippen molar-refractivity contribution in [2.24, 2.45) is 0 Å². The summed E-state index contributed by atoms with van der Waals surface area (Å²) in [6, 6.07) is 7.64. The molecule has 0 radical (unpaired) electrons. The van der Waals surface area contributed by atoms with Gasteiger partial charge in [0.05, 0.1) is 5.69 Å². The van der Waals surface area contributed by atoms with Crippen LogP contribution in [0.15, 0.2) is 30.5 Å². The van der Waals surface area contributed by atoms with Gasteiger partial charge in [-0.2, -0.15) is 0 Å². The van der Waals surface area contributed by atoms with Crippen LogP contribution in [-0.2, 0) is 9.53 Å². The van der Waals surface area contributed by atoms with Gasteiger partial charge in [0.1, 0.15) is 6.61 Å². The molecule has 2 N–H and O–H groups in total. The van der Waals surface area contributed by atoms with Gasteiger partial charge in [-0.05, 0) is 18.2 Å². The molecule has 0 fully saturated rings. The number of carbonyl (C=O) groups excluding carboxylic acids is 1. The molecule has 0 aliphatic heterocycles. The number of fused-ring (bicyclic) bond motifs is 1. The van der Waals surface area contributed by atoms with Crippen molar-refractivity contribution in [3.63, 3.8) is 0 Å². The highest BCUT2D eigenvalue weighted by Crippen LogP contribution is 2.21. The SMILES string of the molecule is COCC(=O)Nc1cccc2[nH]ccc12. The summed E-state index contributed by atoms with van der Waals surface area (Å²) in [6.45, 7) is 0.0702. The molecule has 2 aromatic rings. The van der Waals surface area contributed by atoms with E-state index < -0.39 is 0 Å². The van der Waals surface area contributed by atoms with Crippen LogP contribution in [0.1, 0.15) is 0 Å². The van der Waals surface area contributed by atoms with Gasteiger partial charge in [-0.1, -0.05) is 6.07 Å². The maximum absolute atomic E-state index is 11.3. The van der Waals surface area contributed by atoms with E-state index in [1.54, 1.807) is 0 Å². The average Bonchev–Trinajstić information content (AvgIpc) is 2.67. The molecule has 1 heterocycles. The molecule has 15 heavy (non-hydrogen) atoms. The lowest BCUT2D eigenvalue weighted by molar-refractivity contribution is -0.119. The zero-order valence-electron chi connectivity index (χ0n) is 8.41. The van der Waals surface area contributed by atoms with Crippen LogP contribution < -0.4 is 5.32 Å². The second-order valence-corrected chi connectivity index (χ2v) is 3.23. The Morgan fingerprint density at radius 1 is 1.47 bits per heavy atom. The van der Waals surface area contributed by atoms with E-state index in [9.17, 15) is 4.79 Å². The molecule has 0 unspecified atom stereocenters. The fraction of sp³-hybridized carbons (Fsp3) is 0.182. The van der Waals surface area contributed by atoms with Crippen LogP contribution in [0.4, 0.5) is 5.69 Å². The number of H-pyrrole nitrogens is 1. The number of ether oxygens (including phenoxy) is 1. The molecule has 2 rings (SSSR count). The van der Waals surface area contributed by atoms with Gasteiger partial charge in [0.2, 0.25) is 5.91 Å². The molecule has 4 nitrogen and oxygen atoms in total. The molecule has 4 heteroatoms. The minimum atomic E-state index is -0.147. The number of aromatic amines is 1. The third-order valence-electron chi connectivity index (χ3n) is 2.14. The molecule has 1 amide bonds. The number of aromatic nitrogens is 1. The smallest absolute Gasteiger partial charge is 0.250 e. The summed E-state index contributed by atoms with van der Waals surface area (Å²) >= 11 is 0. The number of anilines is 1. The quantitative estimate of drug-likeness (QED) is 0.800. The van der Waals surface area contributed by atoms with E-state index in [0.29, 0.717) is 0 Å². The first-order chi connectivity index (χ1) is 7.31. The summed E-state index contributed by atoms with van der Waals surface area (Å²) in [4.78, 5) is 14.4. The van der Waals surface area contributed by atoms with Crippen molar-refractivity contribution in [1.29, 1.82) is 0 Å². The molecule has 0 aliphatic carbocycles. The van der Waals surface area contributed by atoms with E-state index in [1.165, 1.54) is 7.11 Å². The van der Waals surface area contributed by atoms with Crippen molar-refractivity contribution in [2.45, 2.75) is 0 Å². The number of rotatable bonds is 3. The molecular formula is C11H12N2O2. The van der Waals surface area contributed by atoms with Gasteiger partial charge in [0.25, 0.3) is 0 Å². The Kier molecular flexibility index (Phi) is 2.69. The highest BCUT2D eigenvalue weighted by Gasteiger charge is 2.05. The maximum atomic E-state index is 11.3. The highest BCUT2D eigenvalue weighted by atomic mass is 16.5. The summed E-state index contributed by atoms with van der Waals surface area (Å²) in [6.07, 6.45) is 1.84. The number of benzene rings is 1. The van der Waals surface area contributed by atoms with Crippen LogP contribution in [0.25, 0.3) is 10.9 Å². The number of amides is 1. The summed E-state index contributed by atoms with van der Waals surface area (Å²) in [5, 5.41) is 3.79. The van der Waals surface area contributed by atoms with Gasteiger partial charge in [-0.15, -0.1) is 0 Å². The summed E-state index contributed by atoms with van der Waals surface area (Å²) in [5.41, 5.74) is 1.81. The van der Waals surface area contributed by atoms with Crippen LogP contribution in [0.5, 0.6) is 0 Å². The summed E-state index contributed by atoms with van der Waals surface area (Å²) < 4.78 is 4.75. The van der Waals surface area contributed by atoms with Gasteiger partial charge in [-0.25, -0.2) is 0 Å².